The lowest BCUT2D eigenvalue weighted by Gasteiger charge is -2.02. The van der Waals surface area contributed by atoms with Crippen molar-refractivity contribution < 1.29 is 4.39 Å². The Kier molecular flexibility index (Phi) is 3.51. The van der Waals surface area contributed by atoms with Gasteiger partial charge in [0.15, 0.2) is 0 Å². The zero-order chi connectivity index (χ0) is 11.4. The smallest absolute Gasteiger partial charge is 0.217 e. The highest BCUT2D eigenvalue weighted by Crippen LogP contribution is 2.20. The normalized spacial score (nSPS) is 10.4. The van der Waals surface area contributed by atoms with Gasteiger partial charge in [0, 0.05) is 11.8 Å². The van der Waals surface area contributed by atoms with E-state index in [1.165, 1.54) is 35.3 Å². The standard InChI is InChI=1S/C12H11FN2S/c1-9-3-2-4-10(5-9)7-16-12-6-11(13)14-8-15-12/h2-6,8H,7H2,1H3. The van der Waals surface area contributed by atoms with Crippen molar-refractivity contribution in [3.63, 3.8) is 0 Å². The zero-order valence-corrected chi connectivity index (χ0v) is 9.67. The Hall–Kier alpha value is -1.42. The Morgan fingerprint density at radius 1 is 1.25 bits per heavy atom. The van der Waals surface area contributed by atoms with E-state index >= 15 is 0 Å². The molecule has 0 bridgehead atoms. The average molecular weight is 234 g/mol. The minimum absolute atomic E-state index is 0.484. The van der Waals surface area contributed by atoms with E-state index in [0.717, 1.165) is 5.75 Å². The van der Waals surface area contributed by atoms with Crippen LogP contribution in [0, 0.1) is 12.9 Å². The summed E-state index contributed by atoms with van der Waals surface area (Å²) in [5.41, 5.74) is 2.44. The van der Waals surface area contributed by atoms with Gasteiger partial charge in [-0.3, -0.25) is 0 Å². The quantitative estimate of drug-likeness (QED) is 0.602. The first-order valence-corrected chi connectivity index (χ1v) is 5.88. The number of nitrogens with zero attached hydrogens (tertiary/aromatic N) is 2. The van der Waals surface area contributed by atoms with Crippen LogP contribution in [0.4, 0.5) is 4.39 Å². The van der Waals surface area contributed by atoms with Crippen LogP contribution in [-0.4, -0.2) is 9.97 Å². The number of hydrogen-bond donors (Lipinski definition) is 0. The molecule has 0 aliphatic carbocycles. The van der Waals surface area contributed by atoms with Crippen LogP contribution in [0.25, 0.3) is 0 Å². The Bertz CT molecular complexity index is 442. The third-order valence-electron chi connectivity index (χ3n) is 2.08. The highest BCUT2D eigenvalue weighted by atomic mass is 32.2. The fourth-order valence-electron chi connectivity index (χ4n) is 1.36. The van der Waals surface area contributed by atoms with Crippen LogP contribution < -0.4 is 0 Å². The highest BCUT2D eigenvalue weighted by molar-refractivity contribution is 7.98. The number of aryl methyl sites for hydroxylation is 1. The fourth-order valence-corrected chi connectivity index (χ4v) is 2.15. The summed E-state index contributed by atoms with van der Waals surface area (Å²) in [7, 11) is 0. The number of thioether (sulfide) groups is 1. The molecule has 0 saturated carbocycles. The average Bonchev–Trinajstić information content (AvgIpc) is 2.27. The van der Waals surface area contributed by atoms with Crippen LogP contribution in [0.15, 0.2) is 41.7 Å². The van der Waals surface area contributed by atoms with Gasteiger partial charge in [0.05, 0.1) is 0 Å². The van der Waals surface area contributed by atoms with Crippen molar-refractivity contribution in [2.24, 2.45) is 0 Å². The van der Waals surface area contributed by atoms with Gasteiger partial charge in [-0.05, 0) is 12.5 Å². The molecule has 82 valence electrons. The highest BCUT2D eigenvalue weighted by Gasteiger charge is 2.00. The van der Waals surface area contributed by atoms with Crippen molar-refractivity contribution in [2.75, 3.05) is 0 Å². The summed E-state index contributed by atoms with van der Waals surface area (Å²) in [6.07, 6.45) is 1.24. The first-order valence-electron chi connectivity index (χ1n) is 4.90. The second-order valence-electron chi connectivity index (χ2n) is 3.46. The van der Waals surface area contributed by atoms with Crippen molar-refractivity contribution in [3.05, 3.63) is 53.7 Å². The van der Waals surface area contributed by atoms with Crippen LogP contribution in [0.3, 0.4) is 0 Å². The largest absolute Gasteiger partial charge is 0.230 e. The molecule has 1 aromatic carbocycles. The first-order chi connectivity index (χ1) is 7.74. The van der Waals surface area contributed by atoms with Crippen molar-refractivity contribution in [1.29, 1.82) is 0 Å². The third-order valence-corrected chi connectivity index (χ3v) is 3.07. The van der Waals surface area contributed by atoms with Gasteiger partial charge < -0.3 is 0 Å². The molecule has 0 atom stereocenters. The second kappa shape index (κ2) is 5.07. The molecule has 0 aliphatic rings. The molecule has 0 amide bonds. The van der Waals surface area contributed by atoms with Gasteiger partial charge in [-0.2, -0.15) is 4.39 Å². The second-order valence-corrected chi connectivity index (χ2v) is 4.45. The van der Waals surface area contributed by atoms with Crippen LogP contribution in [-0.2, 0) is 5.75 Å². The SMILES string of the molecule is Cc1cccc(CSc2cc(F)ncn2)c1. The molecule has 4 heteroatoms. The minimum atomic E-state index is -0.484. The van der Waals surface area contributed by atoms with E-state index < -0.39 is 5.95 Å². The molecule has 0 fully saturated rings. The first kappa shape index (κ1) is 11.1. The Labute approximate surface area is 97.9 Å². The van der Waals surface area contributed by atoms with Gasteiger partial charge in [-0.15, -0.1) is 11.8 Å². The van der Waals surface area contributed by atoms with Crippen molar-refractivity contribution >= 4 is 11.8 Å². The van der Waals surface area contributed by atoms with E-state index in [-0.39, 0.29) is 0 Å². The molecular formula is C12H11FN2S. The third kappa shape index (κ3) is 3.03. The van der Waals surface area contributed by atoms with Gasteiger partial charge >= 0.3 is 0 Å². The summed E-state index contributed by atoms with van der Waals surface area (Å²) in [5.74, 6) is 0.305. The van der Waals surface area contributed by atoms with E-state index in [1.807, 2.05) is 6.07 Å². The van der Waals surface area contributed by atoms with E-state index in [9.17, 15) is 4.39 Å². The van der Waals surface area contributed by atoms with Gasteiger partial charge in [0.1, 0.15) is 11.4 Å². The molecule has 0 unspecified atom stereocenters. The molecule has 0 N–H and O–H groups in total. The summed E-state index contributed by atoms with van der Waals surface area (Å²) in [4.78, 5) is 7.41. The molecule has 0 aliphatic heterocycles. The van der Waals surface area contributed by atoms with Crippen LogP contribution >= 0.6 is 11.8 Å². The summed E-state index contributed by atoms with van der Waals surface area (Å²) < 4.78 is 12.8. The number of aromatic nitrogens is 2. The van der Waals surface area contributed by atoms with E-state index in [2.05, 4.69) is 35.1 Å². The molecule has 0 spiro atoms. The number of rotatable bonds is 3. The zero-order valence-electron chi connectivity index (χ0n) is 8.85. The van der Waals surface area contributed by atoms with Gasteiger partial charge in [0.25, 0.3) is 0 Å². The van der Waals surface area contributed by atoms with E-state index in [0.29, 0.717) is 5.03 Å². The minimum Gasteiger partial charge on any atom is -0.230 e. The lowest BCUT2D eigenvalue weighted by Crippen LogP contribution is -1.88. The molecule has 2 aromatic rings. The molecule has 2 rings (SSSR count). The maximum atomic E-state index is 12.8. The fraction of sp³-hybridized carbons (Fsp3) is 0.167. The Morgan fingerprint density at radius 2 is 2.12 bits per heavy atom. The molecule has 1 heterocycles. The van der Waals surface area contributed by atoms with Gasteiger partial charge in [-0.25, -0.2) is 9.97 Å². The van der Waals surface area contributed by atoms with Gasteiger partial charge in [-0.1, -0.05) is 29.8 Å². The predicted molar refractivity (Wildman–Crippen MR) is 62.7 cm³/mol. The lowest BCUT2D eigenvalue weighted by molar-refractivity contribution is 0.572. The predicted octanol–water partition coefficient (Wildman–Crippen LogP) is 3.22. The summed E-state index contributed by atoms with van der Waals surface area (Å²) in [5, 5.41) is 0.661. The summed E-state index contributed by atoms with van der Waals surface area (Å²) in [6, 6.07) is 9.59. The maximum absolute atomic E-state index is 12.8. The maximum Gasteiger partial charge on any atom is 0.217 e. The molecule has 1 aromatic heterocycles. The Morgan fingerprint density at radius 3 is 2.88 bits per heavy atom. The molecule has 16 heavy (non-hydrogen) atoms. The lowest BCUT2D eigenvalue weighted by atomic mass is 10.2. The number of hydrogen-bond acceptors (Lipinski definition) is 3. The van der Waals surface area contributed by atoms with Crippen LogP contribution in [0.1, 0.15) is 11.1 Å². The molecule has 0 saturated heterocycles. The topological polar surface area (TPSA) is 25.8 Å². The molecular weight excluding hydrogens is 223 g/mol. The van der Waals surface area contributed by atoms with Gasteiger partial charge in [0.2, 0.25) is 5.95 Å². The number of halogens is 1. The molecule has 2 nitrogen and oxygen atoms in total. The monoisotopic (exact) mass is 234 g/mol. The summed E-state index contributed by atoms with van der Waals surface area (Å²) in [6.45, 7) is 2.05. The van der Waals surface area contributed by atoms with E-state index in [1.54, 1.807) is 0 Å². The van der Waals surface area contributed by atoms with Crippen molar-refractivity contribution in [3.8, 4) is 0 Å². The van der Waals surface area contributed by atoms with Crippen molar-refractivity contribution in [2.45, 2.75) is 17.7 Å². The number of benzene rings is 1. The Balaban J connectivity index is 2.02. The van der Waals surface area contributed by atoms with Crippen molar-refractivity contribution in [1.82, 2.24) is 9.97 Å². The molecule has 0 radical (unpaired) electrons. The van der Waals surface area contributed by atoms with E-state index in [4.69, 9.17) is 0 Å². The van der Waals surface area contributed by atoms with Crippen LogP contribution in [0.2, 0.25) is 0 Å². The van der Waals surface area contributed by atoms with Crippen LogP contribution in [0.5, 0.6) is 0 Å². The summed E-state index contributed by atoms with van der Waals surface area (Å²) >= 11 is 1.51.